The number of ether oxygens (including phenoxy) is 2. The lowest BCUT2D eigenvalue weighted by molar-refractivity contribution is -0.115. The molecule has 1 atom stereocenters. The largest absolute Gasteiger partial charge is 0.486 e. The number of nitrogens with zero attached hydrogens (tertiary/aromatic N) is 4. The van der Waals surface area contributed by atoms with Gasteiger partial charge in [-0.2, -0.15) is 5.26 Å². The van der Waals surface area contributed by atoms with Crippen molar-refractivity contribution in [2.45, 2.75) is 5.92 Å². The van der Waals surface area contributed by atoms with Crippen molar-refractivity contribution < 1.29 is 14.3 Å². The van der Waals surface area contributed by atoms with Crippen LogP contribution in [-0.2, 0) is 11.8 Å². The number of rotatable bonds is 4. The SMILES string of the molecule is Cn1ccnc1-c1ccc(N=C(c2ccc3c(c2)OCCO3)C2C(=O)Nc3cc(C#N)ccc32)cc1. The molecule has 2 aliphatic heterocycles. The summed E-state index contributed by atoms with van der Waals surface area (Å²) >= 11 is 0. The van der Waals surface area contributed by atoms with Crippen molar-refractivity contribution in [3.8, 4) is 29.0 Å². The van der Waals surface area contributed by atoms with Crippen LogP contribution in [0.4, 0.5) is 11.4 Å². The number of anilines is 1. The normalized spacial score (nSPS) is 16.3. The van der Waals surface area contributed by atoms with E-state index < -0.39 is 5.92 Å². The molecule has 0 saturated carbocycles. The maximum absolute atomic E-state index is 13.2. The summed E-state index contributed by atoms with van der Waals surface area (Å²) in [7, 11) is 1.95. The third-order valence-corrected chi connectivity index (χ3v) is 6.32. The number of aromatic nitrogens is 2. The molecular formula is C28H21N5O3. The Morgan fingerprint density at radius 2 is 1.89 bits per heavy atom. The maximum Gasteiger partial charge on any atom is 0.238 e. The van der Waals surface area contributed by atoms with Gasteiger partial charge < -0.3 is 19.4 Å². The molecule has 0 fully saturated rings. The maximum atomic E-state index is 13.2. The molecule has 1 aromatic heterocycles. The molecule has 0 radical (unpaired) electrons. The highest BCUT2D eigenvalue weighted by Crippen LogP contribution is 2.39. The van der Waals surface area contributed by atoms with Gasteiger partial charge in [0.1, 0.15) is 25.0 Å². The molecule has 4 aromatic rings. The van der Waals surface area contributed by atoms with E-state index in [1.165, 1.54) is 0 Å². The molecule has 3 aromatic carbocycles. The molecule has 0 spiro atoms. The Morgan fingerprint density at radius 3 is 2.64 bits per heavy atom. The second-order valence-electron chi connectivity index (χ2n) is 8.60. The Bertz CT molecular complexity index is 1560. The molecule has 0 saturated heterocycles. The molecule has 6 rings (SSSR count). The van der Waals surface area contributed by atoms with Crippen molar-refractivity contribution in [3.63, 3.8) is 0 Å². The lowest BCUT2D eigenvalue weighted by Crippen LogP contribution is -2.22. The van der Waals surface area contributed by atoms with Crippen molar-refractivity contribution in [1.82, 2.24) is 9.55 Å². The highest BCUT2D eigenvalue weighted by molar-refractivity contribution is 6.24. The first-order chi connectivity index (χ1) is 17.6. The molecule has 36 heavy (non-hydrogen) atoms. The molecule has 8 nitrogen and oxygen atoms in total. The fourth-order valence-corrected chi connectivity index (χ4v) is 4.57. The number of aliphatic imine (C=N–C) groups is 1. The van der Waals surface area contributed by atoms with E-state index in [4.69, 9.17) is 14.5 Å². The average Bonchev–Trinajstić information content (AvgIpc) is 3.48. The first kappa shape index (κ1) is 21.6. The van der Waals surface area contributed by atoms with Gasteiger partial charge >= 0.3 is 0 Å². The topological polar surface area (TPSA) is 102 Å². The Kier molecular flexibility index (Phi) is 5.23. The predicted molar refractivity (Wildman–Crippen MR) is 135 cm³/mol. The summed E-state index contributed by atoms with van der Waals surface area (Å²) in [5.41, 5.74) is 4.89. The van der Waals surface area contributed by atoms with Crippen LogP contribution in [0, 0.1) is 11.3 Å². The zero-order valence-corrected chi connectivity index (χ0v) is 19.4. The number of imidazole rings is 1. The van der Waals surface area contributed by atoms with Crippen molar-refractivity contribution in [2.75, 3.05) is 18.5 Å². The fraction of sp³-hybridized carbons (Fsp3) is 0.143. The van der Waals surface area contributed by atoms with Gasteiger partial charge in [-0.3, -0.25) is 9.79 Å². The van der Waals surface area contributed by atoms with Gasteiger partial charge in [0.25, 0.3) is 0 Å². The van der Waals surface area contributed by atoms with Crippen LogP contribution >= 0.6 is 0 Å². The molecule has 1 amide bonds. The van der Waals surface area contributed by atoms with E-state index in [1.807, 2.05) is 66.3 Å². The first-order valence-electron chi connectivity index (χ1n) is 11.5. The van der Waals surface area contributed by atoms with Gasteiger partial charge in [-0.1, -0.05) is 6.07 Å². The lowest BCUT2D eigenvalue weighted by Gasteiger charge is -2.20. The second kappa shape index (κ2) is 8.71. The van der Waals surface area contributed by atoms with E-state index >= 15 is 0 Å². The van der Waals surface area contributed by atoms with Gasteiger partial charge in [0.05, 0.1) is 23.0 Å². The monoisotopic (exact) mass is 475 g/mol. The second-order valence-corrected chi connectivity index (χ2v) is 8.60. The predicted octanol–water partition coefficient (Wildman–Crippen LogP) is 4.59. The first-order valence-corrected chi connectivity index (χ1v) is 11.5. The highest BCUT2D eigenvalue weighted by atomic mass is 16.6. The molecule has 8 heteroatoms. The number of nitrogens with one attached hydrogen (secondary N) is 1. The Morgan fingerprint density at radius 1 is 1.08 bits per heavy atom. The average molecular weight is 476 g/mol. The third kappa shape index (κ3) is 3.77. The van der Waals surface area contributed by atoms with Crippen LogP contribution in [0.2, 0.25) is 0 Å². The zero-order chi connectivity index (χ0) is 24.6. The van der Waals surface area contributed by atoms with Crippen LogP contribution in [0.15, 0.2) is 78.0 Å². The van der Waals surface area contributed by atoms with Gasteiger partial charge in [0.2, 0.25) is 5.91 Å². The molecule has 176 valence electrons. The summed E-state index contributed by atoms with van der Waals surface area (Å²) in [6.45, 7) is 0.955. The number of fused-ring (bicyclic) bond motifs is 2. The van der Waals surface area contributed by atoms with Crippen molar-refractivity contribution in [3.05, 3.63) is 89.7 Å². The van der Waals surface area contributed by atoms with Gasteiger partial charge in [0, 0.05) is 36.3 Å². The molecule has 1 N–H and O–H groups in total. The number of hydrogen-bond donors (Lipinski definition) is 1. The third-order valence-electron chi connectivity index (χ3n) is 6.32. The fourth-order valence-electron chi connectivity index (χ4n) is 4.57. The number of carbonyl (C=O) groups excluding carboxylic acids is 1. The summed E-state index contributed by atoms with van der Waals surface area (Å²) in [4.78, 5) is 22.6. The smallest absolute Gasteiger partial charge is 0.238 e. The standard InChI is InChI=1S/C28H21N5O3/c1-33-11-10-30-27(33)18-3-6-20(7-4-18)31-26(19-5-9-23-24(15-19)36-13-12-35-23)25-21-8-2-17(16-29)14-22(21)32-28(25)34/h2-11,14-15,25H,12-13H2,1H3,(H,32,34). The van der Waals surface area contributed by atoms with E-state index in [9.17, 15) is 10.1 Å². The van der Waals surface area contributed by atoms with Crippen LogP contribution < -0.4 is 14.8 Å². The molecule has 3 heterocycles. The van der Waals surface area contributed by atoms with Gasteiger partial charge in [-0.15, -0.1) is 0 Å². The van der Waals surface area contributed by atoms with E-state index in [-0.39, 0.29) is 5.91 Å². The van der Waals surface area contributed by atoms with Gasteiger partial charge in [-0.05, 0) is 60.2 Å². The number of carbonyl (C=O) groups is 1. The lowest BCUT2D eigenvalue weighted by atomic mass is 9.90. The summed E-state index contributed by atoms with van der Waals surface area (Å²) < 4.78 is 13.4. The molecule has 1 unspecified atom stereocenters. The van der Waals surface area contributed by atoms with E-state index in [0.717, 1.165) is 22.5 Å². The number of benzene rings is 3. The minimum atomic E-state index is -0.649. The number of hydrogen-bond acceptors (Lipinski definition) is 6. The summed E-state index contributed by atoms with van der Waals surface area (Å²) in [6, 6.07) is 20.7. The van der Waals surface area contributed by atoms with Crippen LogP contribution in [0.25, 0.3) is 11.4 Å². The number of nitriles is 1. The van der Waals surface area contributed by atoms with Crippen molar-refractivity contribution >= 4 is 23.0 Å². The number of amides is 1. The number of aryl methyl sites for hydroxylation is 1. The van der Waals surface area contributed by atoms with Crippen LogP contribution in [-0.4, -0.2) is 34.4 Å². The van der Waals surface area contributed by atoms with Crippen LogP contribution in [0.3, 0.4) is 0 Å². The van der Waals surface area contributed by atoms with Gasteiger partial charge in [-0.25, -0.2) is 4.98 Å². The van der Waals surface area contributed by atoms with E-state index in [0.29, 0.717) is 47.4 Å². The van der Waals surface area contributed by atoms with E-state index in [2.05, 4.69) is 16.4 Å². The highest BCUT2D eigenvalue weighted by Gasteiger charge is 2.36. The summed E-state index contributed by atoms with van der Waals surface area (Å²) in [6.07, 6.45) is 3.66. The summed E-state index contributed by atoms with van der Waals surface area (Å²) in [5.74, 6) is 1.30. The molecule has 2 aliphatic rings. The van der Waals surface area contributed by atoms with Crippen LogP contribution in [0.5, 0.6) is 11.5 Å². The Labute approximate surface area is 207 Å². The molecule has 0 bridgehead atoms. The summed E-state index contributed by atoms with van der Waals surface area (Å²) in [5, 5.41) is 12.2. The molecular weight excluding hydrogens is 454 g/mol. The quantitative estimate of drug-likeness (QED) is 0.435. The Balaban J connectivity index is 1.46. The minimum Gasteiger partial charge on any atom is -0.486 e. The van der Waals surface area contributed by atoms with Crippen molar-refractivity contribution in [1.29, 1.82) is 5.26 Å². The van der Waals surface area contributed by atoms with Gasteiger partial charge in [0.15, 0.2) is 11.5 Å². The Hall–Kier alpha value is -4.90. The van der Waals surface area contributed by atoms with Crippen molar-refractivity contribution in [2.24, 2.45) is 12.0 Å². The minimum absolute atomic E-state index is 0.196. The van der Waals surface area contributed by atoms with Crippen LogP contribution in [0.1, 0.15) is 22.6 Å². The van der Waals surface area contributed by atoms with E-state index in [1.54, 1.807) is 18.3 Å². The molecule has 0 aliphatic carbocycles. The zero-order valence-electron chi connectivity index (χ0n) is 19.4.